The summed E-state index contributed by atoms with van der Waals surface area (Å²) >= 11 is 0. The van der Waals surface area contributed by atoms with Gasteiger partial charge in [0.25, 0.3) is 5.56 Å². The first-order chi connectivity index (χ1) is 14.0. The Bertz CT molecular complexity index is 1090. The molecule has 0 spiro atoms. The van der Waals surface area contributed by atoms with Crippen molar-refractivity contribution in [2.45, 2.75) is 13.5 Å². The number of benzene rings is 2. The van der Waals surface area contributed by atoms with Gasteiger partial charge in [-0.2, -0.15) is 0 Å². The summed E-state index contributed by atoms with van der Waals surface area (Å²) in [5.74, 6) is 0.346. The lowest BCUT2D eigenvalue weighted by atomic mass is 9.98. The van der Waals surface area contributed by atoms with Crippen molar-refractivity contribution in [3.8, 4) is 22.6 Å². The third-order valence-electron chi connectivity index (χ3n) is 4.76. The zero-order chi connectivity index (χ0) is 21.0. The minimum absolute atomic E-state index is 0.158. The van der Waals surface area contributed by atoms with Crippen molar-refractivity contribution in [3.05, 3.63) is 81.8 Å². The summed E-state index contributed by atoms with van der Waals surface area (Å²) in [6, 6.07) is 16.4. The Kier molecular flexibility index (Phi) is 6.02. The minimum Gasteiger partial charge on any atom is -0.493 e. The topological polar surface area (TPSA) is 66.8 Å². The summed E-state index contributed by atoms with van der Waals surface area (Å²) < 4.78 is 17.3. The third-order valence-corrected chi connectivity index (χ3v) is 4.76. The molecule has 0 saturated heterocycles. The van der Waals surface area contributed by atoms with Gasteiger partial charge in [-0.3, -0.25) is 4.79 Å². The van der Waals surface area contributed by atoms with Crippen molar-refractivity contribution < 1.29 is 19.0 Å². The fourth-order valence-corrected chi connectivity index (χ4v) is 3.25. The summed E-state index contributed by atoms with van der Waals surface area (Å²) in [6.07, 6.45) is 0. The van der Waals surface area contributed by atoms with Gasteiger partial charge < -0.3 is 18.8 Å². The molecule has 0 amide bonds. The van der Waals surface area contributed by atoms with Crippen LogP contribution < -0.4 is 15.0 Å². The zero-order valence-corrected chi connectivity index (χ0v) is 16.9. The zero-order valence-electron chi connectivity index (χ0n) is 16.9. The van der Waals surface area contributed by atoms with Crippen LogP contribution in [0.15, 0.2) is 59.4 Å². The van der Waals surface area contributed by atoms with E-state index >= 15 is 0 Å². The summed E-state index contributed by atoms with van der Waals surface area (Å²) in [4.78, 5) is 25.2. The Labute approximate surface area is 169 Å². The molecule has 6 nitrogen and oxygen atoms in total. The number of pyridine rings is 1. The number of esters is 1. The number of carbonyl (C=O) groups is 1. The van der Waals surface area contributed by atoms with E-state index in [-0.39, 0.29) is 5.56 Å². The third kappa shape index (κ3) is 4.16. The molecule has 6 heteroatoms. The molecular weight excluding hydrogens is 370 g/mol. The van der Waals surface area contributed by atoms with Crippen LogP contribution in [0.2, 0.25) is 0 Å². The molecule has 1 heterocycles. The van der Waals surface area contributed by atoms with Gasteiger partial charge in [-0.15, -0.1) is 0 Å². The number of methoxy groups -OCH3 is 3. The van der Waals surface area contributed by atoms with Gasteiger partial charge >= 0.3 is 5.97 Å². The molecule has 0 fully saturated rings. The molecule has 0 aliphatic rings. The molecule has 0 unspecified atom stereocenters. The van der Waals surface area contributed by atoms with Crippen LogP contribution in [0.5, 0.6) is 11.5 Å². The molecule has 29 heavy (non-hydrogen) atoms. The van der Waals surface area contributed by atoms with Gasteiger partial charge in [0.15, 0.2) is 11.5 Å². The number of ether oxygens (including phenoxy) is 3. The Hall–Kier alpha value is -3.54. The largest absolute Gasteiger partial charge is 0.493 e. The molecule has 0 aliphatic carbocycles. The van der Waals surface area contributed by atoms with Crippen LogP contribution in [0.25, 0.3) is 11.1 Å². The van der Waals surface area contributed by atoms with Crippen LogP contribution in [-0.2, 0) is 11.3 Å². The fourth-order valence-electron chi connectivity index (χ4n) is 3.25. The van der Waals surface area contributed by atoms with Crippen molar-refractivity contribution >= 4 is 5.97 Å². The second-order valence-corrected chi connectivity index (χ2v) is 6.54. The molecule has 3 rings (SSSR count). The first kappa shape index (κ1) is 20.2. The maximum Gasteiger partial charge on any atom is 0.338 e. The van der Waals surface area contributed by atoms with Crippen LogP contribution in [0.3, 0.4) is 0 Å². The fraction of sp³-hybridized carbons (Fsp3) is 0.217. The molecule has 1 aromatic heterocycles. The molecule has 0 N–H and O–H groups in total. The lowest BCUT2D eigenvalue weighted by Crippen LogP contribution is -2.22. The van der Waals surface area contributed by atoms with E-state index < -0.39 is 5.97 Å². The molecule has 0 bridgehead atoms. The lowest BCUT2D eigenvalue weighted by molar-refractivity contribution is 0.0601. The van der Waals surface area contributed by atoms with E-state index in [2.05, 4.69) is 0 Å². The second-order valence-electron chi connectivity index (χ2n) is 6.54. The molecule has 2 aromatic carbocycles. The average molecular weight is 393 g/mol. The highest BCUT2D eigenvalue weighted by atomic mass is 16.5. The minimum atomic E-state index is -0.521. The molecule has 0 radical (unpaired) electrons. The number of hydrogen-bond donors (Lipinski definition) is 0. The smallest absolute Gasteiger partial charge is 0.338 e. The standard InChI is InChI=1S/C23H23NO5/c1-15-10-17(11-22(25)24(15)14-16-8-6-5-7-9-16)18-12-20(27-2)21(28-3)13-19(18)23(26)29-4/h5-13H,14H2,1-4H3. The summed E-state index contributed by atoms with van der Waals surface area (Å²) in [5.41, 5.74) is 3.10. The van der Waals surface area contributed by atoms with E-state index in [1.54, 1.807) is 16.7 Å². The monoisotopic (exact) mass is 393 g/mol. The highest BCUT2D eigenvalue weighted by Crippen LogP contribution is 2.36. The van der Waals surface area contributed by atoms with E-state index in [1.807, 2.05) is 43.3 Å². The molecule has 0 atom stereocenters. The van der Waals surface area contributed by atoms with Crippen LogP contribution in [0, 0.1) is 6.92 Å². The van der Waals surface area contributed by atoms with Gasteiger partial charge in [0.1, 0.15) is 0 Å². The van der Waals surface area contributed by atoms with Gasteiger partial charge in [-0.1, -0.05) is 30.3 Å². The van der Waals surface area contributed by atoms with Crippen LogP contribution in [0.1, 0.15) is 21.6 Å². The number of rotatable bonds is 6. The van der Waals surface area contributed by atoms with E-state index in [0.29, 0.717) is 34.7 Å². The molecule has 3 aromatic rings. The Morgan fingerprint density at radius 3 is 2.17 bits per heavy atom. The number of nitrogens with zero attached hydrogens (tertiary/aromatic N) is 1. The van der Waals surface area contributed by atoms with Gasteiger partial charge in [0.05, 0.1) is 33.4 Å². The second kappa shape index (κ2) is 8.65. The summed E-state index contributed by atoms with van der Waals surface area (Å²) in [7, 11) is 4.32. The van der Waals surface area contributed by atoms with Crippen molar-refractivity contribution in [1.82, 2.24) is 4.57 Å². The quantitative estimate of drug-likeness (QED) is 0.598. The van der Waals surface area contributed by atoms with Gasteiger partial charge in [0, 0.05) is 17.3 Å². The number of aryl methyl sites for hydroxylation is 1. The first-order valence-corrected chi connectivity index (χ1v) is 9.08. The van der Waals surface area contributed by atoms with E-state index in [9.17, 15) is 9.59 Å². The van der Waals surface area contributed by atoms with Crippen LogP contribution in [0.4, 0.5) is 0 Å². The molecule has 0 aliphatic heterocycles. The van der Waals surface area contributed by atoms with E-state index in [0.717, 1.165) is 11.3 Å². The molecular formula is C23H23NO5. The predicted octanol–water partition coefficient (Wildman–Crippen LogP) is 3.68. The summed E-state index contributed by atoms with van der Waals surface area (Å²) in [5, 5.41) is 0. The highest BCUT2D eigenvalue weighted by Gasteiger charge is 2.19. The normalized spacial score (nSPS) is 10.5. The van der Waals surface area contributed by atoms with E-state index in [1.165, 1.54) is 27.4 Å². The highest BCUT2D eigenvalue weighted by molar-refractivity contribution is 5.98. The first-order valence-electron chi connectivity index (χ1n) is 9.08. The lowest BCUT2D eigenvalue weighted by Gasteiger charge is -2.16. The van der Waals surface area contributed by atoms with Crippen molar-refractivity contribution in [2.75, 3.05) is 21.3 Å². The Morgan fingerprint density at radius 1 is 0.931 bits per heavy atom. The van der Waals surface area contributed by atoms with Gasteiger partial charge in [0.2, 0.25) is 0 Å². The number of hydrogen-bond acceptors (Lipinski definition) is 5. The van der Waals surface area contributed by atoms with E-state index in [4.69, 9.17) is 14.2 Å². The average Bonchev–Trinajstić information content (AvgIpc) is 2.75. The molecule has 0 saturated carbocycles. The Balaban J connectivity index is 2.13. The molecule has 150 valence electrons. The number of aromatic nitrogens is 1. The van der Waals surface area contributed by atoms with Crippen LogP contribution in [-0.4, -0.2) is 31.9 Å². The van der Waals surface area contributed by atoms with Crippen molar-refractivity contribution in [3.63, 3.8) is 0 Å². The maximum absolute atomic E-state index is 12.9. The van der Waals surface area contributed by atoms with Crippen molar-refractivity contribution in [2.24, 2.45) is 0 Å². The van der Waals surface area contributed by atoms with Gasteiger partial charge in [-0.05, 0) is 36.2 Å². The summed E-state index contributed by atoms with van der Waals surface area (Å²) in [6.45, 7) is 2.34. The SMILES string of the molecule is COC(=O)c1cc(OC)c(OC)cc1-c1cc(C)n(Cc2ccccc2)c(=O)c1. The van der Waals surface area contributed by atoms with Crippen LogP contribution >= 0.6 is 0 Å². The van der Waals surface area contributed by atoms with Crippen molar-refractivity contribution in [1.29, 1.82) is 0 Å². The van der Waals surface area contributed by atoms with Gasteiger partial charge in [-0.25, -0.2) is 4.79 Å². The number of carbonyl (C=O) groups excluding carboxylic acids is 1. The predicted molar refractivity (Wildman–Crippen MR) is 111 cm³/mol. The Morgan fingerprint density at radius 2 is 1.59 bits per heavy atom. The maximum atomic E-state index is 12.9.